The Hall–Kier alpha value is -0.620. The van der Waals surface area contributed by atoms with Crippen molar-refractivity contribution in [1.29, 1.82) is 0 Å². The molecule has 0 saturated carbocycles. The lowest BCUT2D eigenvalue weighted by molar-refractivity contribution is -0.112. The molecule has 5 heteroatoms. The van der Waals surface area contributed by atoms with Crippen LogP contribution in [0.1, 0.15) is 24.0 Å². The maximum atomic E-state index is 6.18. The van der Waals surface area contributed by atoms with Crippen LogP contribution in [0.25, 0.3) is 0 Å². The third-order valence-corrected chi connectivity index (χ3v) is 4.59. The van der Waals surface area contributed by atoms with Gasteiger partial charge in [-0.25, -0.2) is 0 Å². The van der Waals surface area contributed by atoms with E-state index in [9.17, 15) is 0 Å². The van der Waals surface area contributed by atoms with Gasteiger partial charge in [0.2, 0.25) is 0 Å². The molecule has 20 heavy (non-hydrogen) atoms. The first-order valence-corrected chi connectivity index (χ1v) is 7.88. The summed E-state index contributed by atoms with van der Waals surface area (Å²) in [4.78, 5) is 0. The highest BCUT2D eigenvalue weighted by Crippen LogP contribution is 2.35. The molecule has 1 aromatic rings. The highest BCUT2D eigenvalue weighted by atomic mass is 79.9. The summed E-state index contributed by atoms with van der Waals surface area (Å²) in [5, 5.41) is 0. The molecule has 0 aromatic heterocycles. The van der Waals surface area contributed by atoms with Crippen LogP contribution in [0.2, 0.25) is 0 Å². The molecule has 2 aliphatic heterocycles. The predicted octanol–water partition coefficient (Wildman–Crippen LogP) is 2.41. The molecule has 0 aliphatic carbocycles. The van der Waals surface area contributed by atoms with Gasteiger partial charge in [-0.15, -0.1) is 0 Å². The van der Waals surface area contributed by atoms with Crippen molar-refractivity contribution in [2.75, 3.05) is 26.4 Å². The van der Waals surface area contributed by atoms with Gasteiger partial charge in [0, 0.05) is 49.1 Å². The van der Waals surface area contributed by atoms with E-state index in [2.05, 4.69) is 28.1 Å². The average Bonchev–Trinajstić information content (AvgIpc) is 2.94. The van der Waals surface area contributed by atoms with E-state index in [1.165, 1.54) is 5.56 Å². The number of nitrogens with two attached hydrogens (primary N) is 1. The van der Waals surface area contributed by atoms with E-state index >= 15 is 0 Å². The minimum absolute atomic E-state index is 0.244. The summed E-state index contributed by atoms with van der Waals surface area (Å²) in [6.45, 7) is 3.29. The second kappa shape index (κ2) is 6.02. The van der Waals surface area contributed by atoms with Crippen LogP contribution < -0.4 is 10.5 Å². The molecule has 0 bridgehead atoms. The number of hydrogen-bond donors (Lipinski definition) is 1. The fraction of sp³-hybridized carbons (Fsp3) is 0.600. The zero-order chi connectivity index (χ0) is 14.0. The van der Waals surface area contributed by atoms with E-state index in [4.69, 9.17) is 19.9 Å². The van der Waals surface area contributed by atoms with Crippen molar-refractivity contribution in [1.82, 2.24) is 0 Å². The van der Waals surface area contributed by atoms with E-state index in [1.54, 1.807) is 0 Å². The Labute approximate surface area is 127 Å². The zero-order valence-corrected chi connectivity index (χ0v) is 13.1. The van der Waals surface area contributed by atoms with Gasteiger partial charge in [0.1, 0.15) is 5.75 Å². The minimum Gasteiger partial charge on any atom is -0.493 e. The summed E-state index contributed by atoms with van der Waals surface area (Å²) < 4.78 is 18.4. The number of ether oxygens (including phenoxy) is 3. The second-order valence-corrected chi connectivity index (χ2v) is 6.36. The summed E-state index contributed by atoms with van der Waals surface area (Å²) in [5.41, 5.74) is 8.04. The molecule has 0 atom stereocenters. The topological polar surface area (TPSA) is 53.7 Å². The third-order valence-electron chi connectivity index (χ3n) is 4.14. The Morgan fingerprint density at radius 2 is 2.05 bits per heavy atom. The molecule has 1 fully saturated rings. The summed E-state index contributed by atoms with van der Waals surface area (Å²) in [5.74, 6) is 0.993. The molecule has 2 aliphatic rings. The van der Waals surface area contributed by atoms with E-state index < -0.39 is 0 Å². The quantitative estimate of drug-likeness (QED) is 0.913. The monoisotopic (exact) mass is 341 g/mol. The lowest BCUT2D eigenvalue weighted by Gasteiger charge is -2.36. The van der Waals surface area contributed by atoms with Gasteiger partial charge in [0.25, 0.3) is 0 Å². The summed E-state index contributed by atoms with van der Waals surface area (Å²) in [7, 11) is 0. The molecule has 0 radical (unpaired) electrons. The Balaban J connectivity index is 1.75. The van der Waals surface area contributed by atoms with Gasteiger partial charge in [-0.1, -0.05) is 15.9 Å². The Bertz CT molecular complexity index is 486. The van der Waals surface area contributed by atoms with Crippen LogP contribution in [0.5, 0.6) is 5.75 Å². The van der Waals surface area contributed by atoms with Crippen LogP contribution >= 0.6 is 15.9 Å². The van der Waals surface area contributed by atoms with Crippen molar-refractivity contribution in [3.63, 3.8) is 0 Å². The van der Waals surface area contributed by atoms with Gasteiger partial charge in [0.15, 0.2) is 0 Å². The summed E-state index contributed by atoms with van der Waals surface area (Å²) >= 11 is 3.56. The number of rotatable bonds is 4. The first-order valence-electron chi connectivity index (χ1n) is 7.08. The van der Waals surface area contributed by atoms with Crippen molar-refractivity contribution in [2.24, 2.45) is 5.73 Å². The molecular formula is C15H20BrNO3. The normalized spacial score (nSPS) is 20.5. The molecule has 110 valence electrons. The van der Waals surface area contributed by atoms with Crippen molar-refractivity contribution in [3.05, 3.63) is 27.7 Å². The Kier molecular flexibility index (Phi) is 4.31. The van der Waals surface area contributed by atoms with Crippen LogP contribution in [0.3, 0.4) is 0 Å². The molecular weight excluding hydrogens is 322 g/mol. The summed E-state index contributed by atoms with van der Waals surface area (Å²) in [6.07, 6.45) is 2.69. The summed E-state index contributed by atoms with van der Waals surface area (Å²) in [6, 6.07) is 4.20. The first-order chi connectivity index (χ1) is 9.72. The molecule has 1 saturated heterocycles. The molecule has 3 rings (SSSR count). The van der Waals surface area contributed by atoms with Crippen molar-refractivity contribution >= 4 is 15.9 Å². The van der Waals surface area contributed by atoms with Crippen molar-refractivity contribution in [2.45, 2.75) is 31.5 Å². The third kappa shape index (κ3) is 2.86. The molecule has 0 unspecified atom stereocenters. The molecule has 2 N–H and O–H groups in total. The first kappa shape index (κ1) is 14.3. The fourth-order valence-corrected chi connectivity index (χ4v) is 3.39. The maximum Gasteiger partial charge on any atom is 0.128 e. The average molecular weight is 342 g/mol. The van der Waals surface area contributed by atoms with E-state index in [0.29, 0.717) is 13.2 Å². The van der Waals surface area contributed by atoms with Crippen LogP contribution in [0.4, 0.5) is 0 Å². The van der Waals surface area contributed by atoms with Crippen LogP contribution in [-0.2, 0) is 22.5 Å². The second-order valence-electron chi connectivity index (χ2n) is 5.44. The highest BCUT2D eigenvalue weighted by molar-refractivity contribution is 9.10. The number of hydrogen-bond acceptors (Lipinski definition) is 4. The predicted molar refractivity (Wildman–Crippen MR) is 80.0 cm³/mol. The van der Waals surface area contributed by atoms with Gasteiger partial charge in [-0.3, -0.25) is 0 Å². The van der Waals surface area contributed by atoms with E-state index in [-0.39, 0.29) is 5.60 Å². The van der Waals surface area contributed by atoms with Gasteiger partial charge in [-0.2, -0.15) is 0 Å². The molecule has 0 spiro atoms. The van der Waals surface area contributed by atoms with Gasteiger partial charge in [0.05, 0.1) is 18.8 Å². The lowest BCUT2D eigenvalue weighted by Crippen LogP contribution is -2.45. The number of halogens is 1. The zero-order valence-electron chi connectivity index (χ0n) is 11.5. The van der Waals surface area contributed by atoms with Gasteiger partial charge >= 0.3 is 0 Å². The van der Waals surface area contributed by atoms with Crippen molar-refractivity contribution < 1.29 is 14.2 Å². The fourth-order valence-electron chi connectivity index (χ4n) is 2.83. The van der Waals surface area contributed by atoms with Gasteiger partial charge in [-0.05, 0) is 17.7 Å². The number of benzene rings is 1. The van der Waals surface area contributed by atoms with E-state index in [1.807, 2.05) is 0 Å². The standard InChI is InChI=1S/C15H20BrNO3/c16-13-7-11-1-4-19-14(11)12(8-13)9-20-15(10-17)2-5-18-6-3-15/h7-8H,1-6,9-10,17H2. The van der Waals surface area contributed by atoms with Crippen LogP contribution in [-0.4, -0.2) is 32.0 Å². The Morgan fingerprint density at radius 1 is 1.25 bits per heavy atom. The largest absolute Gasteiger partial charge is 0.493 e. The van der Waals surface area contributed by atoms with Gasteiger partial charge < -0.3 is 19.9 Å². The molecule has 1 aromatic carbocycles. The molecule has 2 heterocycles. The van der Waals surface area contributed by atoms with Crippen LogP contribution in [0.15, 0.2) is 16.6 Å². The maximum absolute atomic E-state index is 6.18. The Morgan fingerprint density at radius 3 is 2.80 bits per heavy atom. The molecule has 4 nitrogen and oxygen atoms in total. The van der Waals surface area contributed by atoms with Crippen molar-refractivity contribution in [3.8, 4) is 5.75 Å². The van der Waals surface area contributed by atoms with Crippen LogP contribution in [0, 0.1) is 0 Å². The molecule has 0 amide bonds. The minimum atomic E-state index is -0.244. The SMILES string of the molecule is NCC1(OCc2cc(Br)cc3c2OCC3)CCOCC1. The van der Waals surface area contributed by atoms with E-state index in [0.717, 1.165) is 54.9 Å². The smallest absolute Gasteiger partial charge is 0.128 e. The lowest BCUT2D eigenvalue weighted by atomic mass is 9.94. The number of fused-ring (bicyclic) bond motifs is 1. The highest BCUT2D eigenvalue weighted by Gasteiger charge is 2.32.